The minimum atomic E-state index is -0.868. The summed E-state index contributed by atoms with van der Waals surface area (Å²) in [4.78, 5) is 0. The first kappa shape index (κ1) is 20.0. The van der Waals surface area contributed by atoms with Gasteiger partial charge in [-0.2, -0.15) is 0 Å². The molecule has 2 saturated heterocycles. The van der Waals surface area contributed by atoms with Crippen LogP contribution in [0.1, 0.15) is 0 Å². The Balaban J connectivity index is 1.50. The van der Waals surface area contributed by atoms with Crippen molar-refractivity contribution in [1.82, 2.24) is 0 Å². The van der Waals surface area contributed by atoms with Crippen LogP contribution in [-0.2, 0) is 28.4 Å². The molecular weight excluding hydrogens is 324 g/mol. The highest BCUT2D eigenvalue weighted by Gasteiger charge is 2.25. The number of hydrogen-bond donors (Lipinski definition) is 3. The van der Waals surface area contributed by atoms with Gasteiger partial charge in [-0.3, -0.25) is 0 Å². The standard InChI is InChI=1S/C15H28O9/c16-1-11(18)3-19-5-13-9-23-14(10-22-13)6-21-8-15-7-20-4-12(2-17)24-15/h11-18H,1-10H2. The van der Waals surface area contributed by atoms with Crippen molar-refractivity contribution in [2.75, 3.05) is 66.1 Å². The van der Waals surface area contributed by atoms with Gasteiger partial charge in [0.05, 0.1) is 66.1 Å². The summed E-state index contributed by atoms with van der Waals surface area (Å²) in [6.45, 7) is 2.41. The topological polar surface area (TPSA) is 116 Å². The Kier molecular flexibility index (Phi) is 9.39. The summed E-state index contributed by atoms with van der Waals surface area (Å²) in [5, 5.41) is 26.9. The largest absolute Gasteiger partial charge is 0.394 e. The molecule has 0 spiro atoms. The molecule has 9 heteroatoms. The van der Waals surface area contributed by atoms with Crippen LogP contribution in [-0.4, -0.2) is 112 Å². The highest BCUT2D eigenvalue weighted by Crippen LogP contribution is 2.11. The molecule has 2 fully saturated rings. The zero-order valence-electron chi connectivity index (χ0n) is 13.7. The van der Waals surface area contributed by atoms with Crippen LogP contribution in [0.5, 0.6) is 0 Å². The summed E-state index contributed by atoms with van der Waals surface area (Å²) in [6, 6.07) is 0. The second-order valence-corrected chi connectivity index (χ2v) is 5.92. The fourth-order valence-electron chi connectivity index (χ4n) is 2.36. The second-order valence-electron chi connectivity index (χ2n) is 5.92. The molecule has 0 aliphatic carbocycles. The average molecular weight is 352 g/mol. The zero-order chi connectivity index (χ0) is 17.2. The number of aliphatic hydroxyl groups excluding tert-OH is 3. The third-order valence-electron chi connectivity index (χ3n) is 3.66. The van der Waals surface area contributed by atoms with Crippen LogP contribution in [0.3, 0.4) is 0 Å². The quantitative estimate of drug-likeness (QED) is 0.408. The molecule has 2 aliphatic rings. The lowest BCUT2D eigenvalue weighted by molar-refractivity contribution is -0.188. The molecule has 5 atom stereocenters. The van der Waals surface area contributed by atoms with E-state index in [4.69, 9.17) is 43.7 Å². The summed E-state index contributed by atoms with van der Waals surface area (Å²) in [5.41, 5.74) is 0. The average Bonchev–Trinajstić information content (AvgIpc) is 2.63. The molecule has 24 heavy (non-hydrogen) atoms. The summed E-state index contributed by atoms with van der Waals surface area (Å²) in [7, 11) is 0. The van der Waals surface area contributed by atoms with Crippen molar-refractivity contribution < 1.29 is 43.7 Å². The van der Waals surface area contributed by atoms with Crippen molar-refractivity contribution in [2.24, 2.45) is 0 Å². The van der Waals surface area contributed by atoms with E-state index in [2.05, 4.69) is 0 Å². The van der Waals surface area contributed by atoms with Crippen molar-refractivity contribution in [2.45, 2.75) is 30.5 Å². The van der Waals surface area contributed by atoms with Crippen LogP contribution in [0.4, 0.5) is 0 Å². The van der Waals surface area contributed by atoms with Gasteiger partial charge in [-0.05, 0) is 0 Å². The smallest absolute Gasteiger partial charge is 0.105 e. The van der Waals surface area contributed by atoms with Gasteiger partial charge < -0.3 is 43.7 Å². The van der Waals surface area contributed by atoms with E-state index in [0.29, 0.717) is 46.2 Å². The van der Waals surface area contributed by atoms with Crippen LogP contribution in [0.2, 0.25) is 0 Å². The third kappa shape index (κ3) is 7.26. The first-order valence-electron chi connectivity index (χ1n) is 8.23. The van der Waals surface area contributed by atoms with Gasteiger partial charge in [-0.25, -0.2) is 0 Å². The van der Waals surface area contributed by atoms with E-state index in [0.717, 1.165) is 0 Å². The first-order chi connectivity index (χ1) is 11.7. The lowest BCUT2D eigenvalue weighted by Crippen LogP contribution is -2.43. The summed E-state index contributed by atoms with van der Waals surface area (Å²) < 4.78 is 33.0. The summed E-state index contributed by atoms with van der Waals surface area (Å²) >= 11 is 0. The fraction of sp³-hybridized carbons (Fsp3) is 1.00. The minimum absolute atomic E-state index is 0.0606. The van der Waals surface area contributed by atoms with E-state index in [1.165, 1.54) is 0 Å². The van der Waals surface area contributed by atoms with Crippen molar-refractivity contribution in [3.63, 3.8) is 0 Å². The van der Waals surface area contributed by atoms with Gasteiger partial charge in [0, 0.05) is 0 Å². The third-order valence-corrected chi connectivity index (χ3v) is 3.66. The molecule has 0 aromatic carbocycles. The highest BCUT2D eigenvalue weighted by atomic mass is 16.6. The van der Waals surface area contributed by atoms with Crippen molar-refractivity contribution in [3.05, 3.63) is 0 Å². The molecule has 2 heterocycles. The summed E-state index contributed by atoms with van der Waals surface area (Å²) in [5.74, 6) is 0. The zero-order valence-corrected chi connectivity index (χ0v) is 13.7. The van der Waals surface area contributed by atoms with Gasteiger partial charge >= 0.3 is 0 Å². The van der Waals surface area contributed by atoms with E-state index >= 15 is 0 Å². The van der Waals surface area contributed by atoms with Crippen molar-refractivity contribution in [3.8, 4) is 0 Å². The van der Waals surface area contributed by atoms with Crippen molar-refractivity contribution in [1.29, 1.82) is 0 Å². The maximum atomic E-state index is 9.17. The van der Waals surface area contributed by atoms with Gasteiger partial charge in [0.2, 0.25) is 0 Å². The van der Waals surface area contributed by atoms with Gasteiger partial charge in [0.25, 0.3) is 0 Å². The van der Waals surface area contributed by atoms with Gasteiger partial charge in [-0.15, -0.1) is 0 Å². The molecule has 3 N–H and O–H groups in total. The molecule has 0 saturated carbocycles. The Morgan fingerprint density at radius 3 is 2.08 bits per heavy atom. The Morgan fingerprint density at radius 2 is 1.46 bits per heavy atom. The Bertz CT molecular complexity index is 322. The van der Waals surface area contributed by atoms with E-state index in [-0.39, 0.29) is 44.2 Å². The van der Waals surface area contributed by atoms with E-state index in [1.807, 2.05) is 0 Å². The van der Waals surface area contributed by atoms with Crippen LogP contribution in [0.25, 0.3) is 0 Å². The molecule has 142 valence electrons. The maximum Gasteiger partial charge on any atom is 0.105 e. The fourth-order valence-corrected chi connectivity index (χ4v) is 2.36. The molecule has 5 unspecified atom stereocenters. The highest BCUT2D eigenvalue weighted by molar-refractivity contribution is 4.70. The molecule has 0 aromatic heterocycles. The molecule has 0 aromatic rings. The Labute approximate surface area is 141 Å². The molecule has 2 rings (SSSR count). The molecule has 0 radical (unpaired) electrons. The van der Waals surface area contributed by atoms with E-state index in [1.54, 1.807) is 0 Å². The second kappa shape index (κ2) is 11.3. The molecule has 0 bridgehead atoms. The SMILES string of the molecule is OCC(O)COCC1COC(COCC2COCC(CO)O2)CO1. The van der Waals surface area contributed by atoms with Crippen LogP contribution < -0.4 is 0 Å². The first-order valence-corrected chi connectivity index (χ1v) is 8.23. The van der Waals surface area contributed by atoms with Crippen LogP contribution >= 0.6 is 0 Å². The number of rotatable bonds is 10. The predicted molar refractivity (Wildman–Crippen MR) is 80.8 cm³/mol. The Hall–Kier alpha value is -0.360. The number of aliphatic hydroxyl groups is 3. The van der Waals surface area contributed by atoms with Crippen molar-refractivity contribution >= 4 is 0 Å². The van der Waals surface area contributed by atoms with Gasteiger partial charge in [-0.1, -0.05) is 0 Å². The lowest BCUT2D eigenvalue weighted by atomic mass is 10.3. The van der Waals surface area contributed by atoms with Crippen LogP contribution in [0, 0.1) is 0 Å². The normalized spacial score (nSPS) is 32.6. The monoisotopic (exact) mass is 352 g/mol. The van der Waals surface area contributed by atoms with E-state index in [9.17, 15) is 0 Å². The predicted octanol–water partition coefficient (Wildman–Crippen LogP) is -2.07. The van der Waals surface area contributed by atoms with E-state index < -0.39 is 6.10 Å². The Morgan fingerprint density at radius 1 is 0.833 bits per heavy atom. The maximum absolute atomic E-state index is 9.17. The summed E-state index contributed by atoms with van der Waals surface area (Å²) in [6.07, 6.45) is -1.67. The number of ether oxygens (including phenoxy) is 6. The minimum Gasteiger partial charge on any atom is -0.394 e. The molecule has 0 amide bonds. The lowest BCUT2D eigenvalue weighted by Gasteiger charge is -2.31. The molecule has 9 nitrogen and oxygen atoms in total. The van der Waals surface area contributed by atoms with Crippen LogP contribution in [0.15, 0.2) is 0 Å². The number of hydrogen-bond acceptors (Lipinski definition) is 9. The van der Waals surface area contributed by atoms with Gasteiger partial charge in [0.1, 0.15) is 30.5 Å². The molecule has 2 aliphatic heterocycles. The van der Waals surface area contributed by atoms with Gasteiger partial charge in [0.15, 0.2) is 0 Å². The molecular formula is C15H28O9.